The van der Waals surface area contributed by atoms with Gasteiger partial charge in [0.05, 0.1) is 17.8 Å². The van der Waals surface area contributed by atoms with Crippen molar-refractivity contribution in [3.05, 3.63) is 52.8 Å². The van der Waals surface area contributed by atoms with Crippen LogP contribution in [0.4, 0.5) is 10.1 Å². The van der Waals surface area contributed by atoms with Gasteiger partial charge in [-0.1, -0.05) is 23.7 Å². The van der Waals surface area contributed by atoms with Crippen molar-refractivity contribution >= 4 is 27.3 Å². The van der Waals surface area contributed by atoms with E-state index in [4.69, 9.17) is 16.3 Å². The van der Waals surface area contributed by atoms with Gasteiger partial charge in [0.25, 0.3) is 10.0 Å². The maximum Gasteiger partial charge on any atom is 0.265 e. The summed E-state index contributed by atoms with van der Waals surface area (Å²) in [6.45, 7) is 1.75. The summed E-state index contributed by atoms with van der Waals surface area (Å²) in [5, 5.41) is -0.161. The van der Waals surface area contributed by atoms with Crippen LogP contribution in [0.25, 0.3) is 0 Å². The zero-order valence-corrected chi connectivity index (χ0v) is 12.9. The Morgan fingerprint density at radius 1 is 1.24 bits per heavy atom. The average molecular weight is 330 g/mol. The minimum atomic E-state index is -3.99. The van der Waals surface area contributed by atoms with Crippen LogP contribution >= 0.6 is 11.6 Å². The Morgan fingerprint density at radius 2 is 1.95 bits per heavy atom. The van der Waals surface area contributed by atoms with Gasteiger partial charge in [-0.3, -0.25) is 4.72 Å². The fourth-order valence-electron chi connectivity index (χ4n) is 1.78. The molecule has 0 heterocycles. The summed E-state index contributed by atoms with van der Waals surface area (Å²) in [7, 11) is -2.63. The zero-order valence-electron chi connectivity index (χ0n) is 11.4. The van der Waals surface area contributed by atoms with Crippen LogP contribution in [0.2, 0.25) is 5.02 Å². The lowest BCUT2D eigenvalue weighted by Gasteiger charge is -2.13. The molecule has 0 radical (unpaired) electrons. The molecule has 1 N–H and O–H groups in total. The highest BCUT2D eigenvalue weighted by Crippen LogP contribution is 2.29. The number of ether oxygens (including phenoxy) is 1. The summed E-state index contributed by atoms with van der Waals surface area (Å²) in [4.78, 5) is -0.0654. The monoisotopic (exact) mass is 329 g/mol. The van der Waals surface area contributed by atoms with Crippen LogP contribution in [0.3, 0.4) is 0 Å². The number of halogens is 2. The van der Waals surface area contributed by atoms with Crippen molar-refractivity contribution in [2.24, 2.45) is 0 Å². The van der Waals surface area contributed by atoms with Gasteiger partial charge in [0.1, 0.15) is 10.6 Å². The Balaban J connectivity index is 2.48. The fourth-order valence-corrected chi connectivity index (χ4v) is 3.27. The topological polar surface area (TPSA) is 55.4 Å². The average Bonchev–Trinajstić information content (AvgIpc) is 2.44. The smallest absolute Gasteiger partial charge is 0.265 e. The molecule has 0 aliphatic heterocycles. The van der Waals surface area contributed by atoms with Gasteiger partial charge in [0.15, 0.2) is 5.82 Å². The van der Waals surface area contributed by atoms with E-state index >= 15 is 0 Å². The molecule has 0 unspecified atom stereocenters. The number of benzene rings is 2. The zero-order chi connectivity index (χ0) is 15.6. The van der Waals surface area contributed by atoms with Crippen molar-refractivity contribution < 1.29 is 17.5 Å². The highest BCUT2D eigenvalue weighted by Gasteiger charge is 2.21. The van der Waals surface area contributed by atoms with Gasteiger partial charge in [-0.25, -0.2) is 12.8 Å². The number of methoxy groups -OCH3 is 1. The molecule has 2 aromatic carbocycles. The molecule has 0 fully saturated rings. The molecule has 0 aliphatic carbocycles. The Bertz CT molecular complexity index is 778. The lowest BCUT2D eigenvalue weighted by atomic mass is 10.2. The van der Waals surface area contributed by atoms with Crippen LogP contribution in [-0.4, -0.2) is 15.5 Å². The van der Waals surface area contributed by atoms with E-state index < -0.39 is 15.8 Å². The summed E-state index contributed by atoms with van der Waals surface area (Å²) >= 11 is 5.64. The van der Waals surface area contributed by atoms with Gasteiger partial charge in [0.2, 0.25) is 0 Å². The normalized spacial score (nSPS) is 11.2. The Hall–Kier alpha value is -1.79. The van der Waals surface area contributed by atoms with Gasteiger partial charge in [-0.2, -0.15) is 0 Å². The largest absolute Gasteiger partial charge is 0.495 e. The van der Waals surface area contributed by atoms with E-state index in [1.54, 1.807) is 13.0 Å². The minimum Gasteiger partial charge on any atom is -0.495 e. The van der Waals surface area contributed by atoms with Gasteiger partial charge in [0, 0.05) is 0 Å². The molecule has 7 heteroatoms. The number of rotatable bonds is 4. The molecule has 21 heavy (non-hydrogen) atoms. The van der Waals surface area contributed by atoms with Crippen molar-refractivity contribution in [1.29, 1.82) is 0 Å². The lowest BCUT2D eigenvalue weighted by molar-refractivity contribution is 0.402. The minimum absolute atomic E-state index is 0.0654. The SMILES string of the molecule is COc1ccc(C)cc1S(=O)(=O)Nc1cccc(Cl)c1F. The molecule has 0 amide bonds. The first-order chi connectivity index (χ1) is 9.85. The van der Waals surface area contributed by atoms with Gasteiger partial charge < -0.3 is 4.74 Å². The van der Waals surface area contributed by atoms with Crippen LogP contribution in [-0.2, 0) is 10.0 Å². The highest BCUT2D eigenvalue weighted by molar-refractivity contribution is 7.92. The predicted molar refractivity (Wildman–Crippen MR) is 79.9 cm³/mol. The van der Waals surface area contributed by atoms with Crippen LogP contribution < -0.4 is 9.46 Å². The molecular weight excluding hydrogens is 317 g/mol. The number of hydrogen-bond acceptors (Lipinski definition) is 3. The van der Waals surface area contributed by atoms with Crippen LogP contribution in [0.1, 0.15) is 5.56 Å². The third kappa shape index (κ3) is 3.28. The van der Waals surface area contributed by atoms with E-state index in [1.807, 2.05) is 0 Å². The number of hydrogen-bond donors (Lipinski definition) is 1. The summed E-state index contributed by atoms with van der Waals surface area (Å²) in [5.41, 5.74) is 0.522. The fraction of sp³-hybridized carbons (Fsp3) is 0.143. The summed E-state index contributed by atoms with van der Waals surface area (Å²) in [6, 6.07) is 8.79. The lowest BCUT2D eigenvalue weighted by Crippen LogP contribution is -2.15. The Kier molecular flexibility index (Phi) is 4.39. The summed E-state index contributed by atoms with van der Waals surface area (Å²) < 4.78 is 45.8. The number of nitrogens with one attached hydrogen (secondary N) is 1. The standard InChI is InChI=1S/C14H13ClFNO3S/c1-9-6-7-12(20-2)13(8-9)21(18,19)17-11-5-3-4-10(15)14(11)16/h3-8,17H,1-2H3. The maximum absolute atomic E-state index is 13.8. The molecule has 0 bridgehead atoms. The van der Waals surface area contributed by atoms with E-state index in [0.717, 1.165) is 5.56 Å². The third-order valence-electron chi connectivity index (χ3n) is 2.80. The molecular formula is C14H13ClFNO3S. The Labute approximate surface area is 127 Å². The van der Waals surface area contributed by atoms with Crippen LogP contribution in [0.5, 0.6) is 5.75 Å². The first-order valence-electron chi connectivity index (χ1n) is 5.96. The van der Waals surface area contributed by atoms with Gasteiger partial charge >= 0.3 is 0 Å². The summed E-state index contributed by atoms with van der Waals surface area (Å²) in [5.74, 6) is -0.648. The number of sulfonamides is 1. The second-order valence-corrected chi connectivity index (χ2v) is 6.42. The molecule has 0 saturated carbocycles. The van der Waals surface area contributed by atoms with Crippen molar-refractivity contribution in [2.45, 2.75) is 11.8 Å². The molecule has 4 nitrogen and oxygen atoms in total. The molecule has 0 atom stereocenters. The van der Waals surface area contributed by atoms with Crippen LogP contribution in [0.15, 0.2) is 41.3 Å². The van der Waals surface area contributed by atoms with Gasteiger partial charge in [-0.15, -0.1) is 0 Å². The van der Waals surface area contributed by atoms with Gasteiger partial charge in [-0.05, 0) is 36.8 Å². The summed E-state index contributed by atoms with van der Waals surface area (Å²) in [6.07, 6.45) is 0. The highest BCUT2D eigenvalue weighted by atomic mass is 35.5. The van der Waals surface area contributed by atoms with E-state index in [0.29, 0.717) is 0 Å². The quantitative estimate of drug-likeness (QED) is 0.932. The second kappa shape index (κ2) is 5.91. The first kappa shape index (κ1) is 15.6. The van der Waals surface area contributed by atoms with E-state index in [1.165, 1.54) is 37.4 Å². The molecule has 0 aromatic heterocycles. The molecule has 0 aliphatic rings. The van der Waals surface area contributed by atoms with E-state index in [2.05, 4.69) is 4.72 Å². The van der Waals surface area contributed by atoms with Crippen molar-refractivity contribution in [3.63, 3.8) is 0 Å². The molecule has 2 aromatic rings. The van der Waals surface area contributed by atoms with Crippen LogP contribution in [0, 0.1) is 12.7 Å². The van der Waals surface area contributed by atoms with Crippen molar-refractivity contribution in [1.82, 2.24) is 0 Å². The second-order valence-electron chi connectivity index (χ2n) is 4.36. The Morgan fingerprint density at radius 3 is 2.62 bits per heavy atom. The van der Waals surface area contributed by atoms with Crippen molar-refractivity contribution in [2.75, 3.05) is 11.8 Å². The number of anilines is 1. The maximum atomic E-state index is 13.8. The van der Waals surface area contributed by atoms with Crippen molar-refractivity contribution in [3.8, 4) is 5.75 Å². The first-order valence-corrected chi connectivity index (χ1v) is 7.83. The molecule has 0 spiro atoms. The predicted octanol–water partition coefficient (Wildman–Crippen LogP) is 3.60. The molecule has 0 saturated heterocycles. The van der Waals surface area contributed by atoms with E-state index in [-0.39, 0.29) is 21.4 Å². The molecule has 2 rings (SSSR count). The van der Waals surface area contributed by atoms with E-state index in [9.17, 15) is 12.8 Å². The third-order valence-corrected chi connectivity index (χ3v) is 4.48. The molecule has 112 valence electrons. The number of aryl methyl sites for hydroxylation is 1.